The SMILES string of the molecule is Cc1cc(C)c([C@@H](C)NC(=O)c2ccc(N(Cc3c(Cl)cccc3Cl)S(C)(=O)=O)cc2)cc1C. The summed E-state index contributed by atoms with van der Waals surface area (Å²) in [6.45, 7) is 8.07. The zero-order chi connectivity index (χ0) is 25.2. The average Bonchev–Trinajstić information content (AvgIpc) is 2.75. The Morgan fingerprint density at radius 2 is 1.50 bits per heavy atom. The fraction of sp³-hybridized carbons (Fsp3) is 0.269. The second-order valence-corrected chi connectivity index (χ2v) is 11.2. The number of carbonyl (C=O) groups excluding carboxylic acids is 1. The van der Waals surface area contributed by atoms with E-state index in [1.165, 1.54) is 15.4 Å². The third-order valence-corrected chi connectivity index (χ3v) is 7.73. The Bertz CT molecular complexity index is 1300. The van der Waals surface area contributed by atoms with Crippen molar-refractivity contribution in [2.75, 3.05) is 10.6 Å². The second-order valence-electron chi connectivity index (χ2n) is 8.50. The quantitative estimate of drug-likeness (QED) is 0.394. The maximum absolute atomic E-state index is 12.9. The van der Waals surface area contributed by atoms with E-state index in [0.717, 1.165) is 17.4 Å². The molecule has 0 unspecified atom stereocenters. The highest BCUT2D eigenvalue weighted by Crippen LogP contribution is 2.29. The van der Waals surface area contributed by atoms with Crippen LogP contribution in [0.3, 0.4) is 0 Å². The van der Waals surface area contributed by atoms with Gasteiger partial charge in [-0.1, -0.05) is 41.4 Å². The summed E-state index contributed by atoms with van der Waals surface area (Å²) in [6.07, 6.45) is 1.12. The molecule has 1 amide bonds. The lowest BCUT2D eigenvalue weighted by Gasteiger charge is -2.24. The first kappa shape index (κ1) is 26.1. The molecule has 0 fully saturated rings. The first-order valence-electron chi connectivity index (χ1n) is 10.8. The zero-order valence-electron chi connectivity index (χ0n) is 19.8. The lowest BCUT2D eigenvalue weighted by molar-refractivity contribution is 0.0940. The molecule has 3 rings (SSSR count). The predicted octanol–water partition coefficient (Wildman–Crippen LogP) is 6.38. The van der Waals surface area contributed by atoms with Crippen LogP contribution in [0.5, 0.6) is 0 Å². The molecule has 0 saturated heterocycles. The maximum atomic E-state index is 12.9. The third-order valence-electron chi connectivity index (χ3n) is 5.88. The van der Waals surface area contributed by atoms with Crippen LogP contribution in [0.1, 0.15) is 51.1 Å². The number of hydrogen-bond acceptors (Lipinski definition) is 3. The number of halogens is 2. The number of amides is 1. The molecule has 0 heterocycles. The van der Waals surface area contributed by atoms with Crippen LogP contribution in [0.2, 0.25) is 10.0 Å². The number of aryl methyl sites for hydroxylation is 3. The summed E-state index contributed by atoms with van der Waals surface area (Å²) in [6, 6.07) is 15.5. The summed E-state index contributed by atoms with van der Waals surface area (Å²) < 4.78 is 26.3. The van der Waals surface area contributed by atoms with Gasteiger partial charge in [-0.3, -0.25) is 9.10 Å². The molecule has 0 aromatic heterocycles. The highest BCUT2D eigenvalue weighted by atomic mass is 35.5. The van der Waals surface area contributed by atoms with Gasteiger partial charge in [0.25, 0.3) is 5.91 Å². The van der Waals surface area contributed by atoms with Crippen molar-refractivity contribution in [2.45, 2.75) is 40.3 Å². The van der Waals surface area contributed by atoms with Crippen LogP contribution in [0.15, 0.2) is 54.6 Å². The van der Waals surface area contributed by atoms with Gasteiger partial charge in [-0.05, 0) is 86.3 Å². The molecular formula is C26H28Cl2N2O3S. The average molecular weight is 519 g/mol. The summed E-state index contributed by atoms with van der Waals surface area (Å²) in [4.78, 5) is 12.9. The summed E-state index contributed by atoms with van der Waals surface area (Å²) >= 11 is 12.5. The minimum atomic E-state index is -3.63. The van der Waals surface area contributed by atoms with Gasteiger partial charge in [0.05, 0.1) is 24.5 Å². The molecule has 0 aliphatic rings. The second kappa shape index (κ2) is 10.4. The van der Waals surface area contributed by atoms with Crippen molar-refractivity contribution in [3.63, 3.8) is 0 Å². The van der Waals surface area contributed by atoms with Crippen molar-refractivity contribution in [3.05, 3.63) is 98.0 Å². The molecule has 0 bridgehead atoms. The van der Waals surface area contributed by atoms with Gasteiger partial charge in [0.15, 0.2) is 0 Å². The molecule has 0 saturated carbocycles. The number of hydrogen-bond donors (Lipinski definition) is 1. The highest BCUT2D eigenvalue weighted by molar-refractivity contribution is 7.92. The van der Waals surface area contributed by atoms with Crippen molar-refractivity contribution in [1.82, 2.24) is 5.32 Å². The Morgan fingerprint density at radius 1 is 0.941 bits per heavy atom. The molecule has 3 aromatic rings. The molecule has 34 heavy (non-hydrogen) atoms. The van der Waals surface area contributed by atoms with E-state index in [1.807, 2.05) is 13.8 Å². The molecule has 0 spiro atoms. The molecule has 0 aliphatic carbocycles. The van der Waals surface area contributed by atoms with Gasteiger partial charge in [-0.2, -0.15) is 0 Å². The Balaban J connectivity index is 1.82. The zero-order valence-corrected chi connectivity index (χ0v) is 22.1. The van der Waals surface area contributed by atoms with Gasteiger partial charge < -0.3 is 5.32 Å². The lowest BCUT2D eigenvalue weighted by atomic mass is 9.96. The number of rotatable bonds is 7. The van der Waals surface area contributed by atoms with Crippen molar-refractivity contribution in [1.29, 1.82) is 0 Å². The van der Waals surface area contributed by atoms with E-state index in [9.17, 15) is 13.2 Å². The van der Waals surface area contributed by atoms with Gasteiger partial charge >= 0.3 is 0 Å². The van der Waals surface area contributed by atoms with E-state index in [-0.39, 0.29) is 18.5 Å². The maximum Gasteiger partial charge on any atom is 0.251 e. The van der Waals surface area contributed by atoms with Crippen LogP contribution in [0, 0.1) is 20.8 Å². The smallest absolute Gasteiger partial charge is 0.251 e. The number of nitrogens with one attached hydrogen (secondary N) is 1. The number of sulfonamides is 1. The van der Waals surface area contributed by atoms with Gasteiger partial charge in [0.2, 0.25) is 10.0 Å². The fourth-order valence-electron chi connectivity index (χ4n) is 3.81. The first-order valence-corrected chi connectivity index (χ1v) is 13.4. The molecular weight excluding hydrogens is 491 g/mol. The van der Waals surface area contributed by atoms with E-state index in [4.69, 9.17) is 23.2 Å². The normalized spacial score (nSPS) is 12.3. The summed E-state index contributed by atoms with van der Waals surface area (Å²) in [7, 11) is -3.63. The van der Waals surface area contributed by atoms with Gasteiger partial charge in [-0.15, -0.1) is 0 Å². The van der Waals surface area contributed by atoms with Gasteiger partial charge in [0.1, 0.15) is 0 Å². The van der Waals surface area contributed by atoms with Crippen LogP contribution < -0.4 is 9.62 Å². The highest BCUT2D eigenvalue weighted by Gasteiger charge is 2.21. The van der Waals surface area contributed by atoms with E-state index >= 15 is 0 Å². The Hall–Kier alpha value is -2.54. The fourth-order valence-corrected chi connectivity index (χ4v) is 5.20. The summed E-state index contributed by atoms with van der Waals surface area (Å²) in [5.74, 6) is -0.239. The molecule has 5 nitrogen and oxygen atoms in total. The van der Waals surface area contributed by atoms with Crippen molar-refractivity contribution in [2.24, 2.45) is 0 Å². The predicted molar refractivity (Wildman–Crippen MR) is 140 cm³/mol. The van der Waals surface area contributed by atoms with Crippen molar-refractivity contribution in [3.8, 4) is 0 Å². The molecule has 0 aliphatic heterocycles. The number of benzene rings is 3. The van der Waals surface area contributed by atoms with Crippen LogP contribution in [-0.4, -0.2) is 20.6 Å². The molecule has 3 aromatic carbocycles. The Morgan fingerprint density at radius 3 is 2.06 bits per heavy atom. The number of nitrogens with zero attached hydrogens (tertiary/aromatic N) is 1. The summed E-state index contributed by atoms with van der Waals surface area (Å²) in [5, 5.41) is 3.79. The van der Waals surface area contributed by atoms with E-state index in [1.54, 1.807) is 42.5 Å². The van der Waals surface area contributed by atoms with E-state index in [2.05, 4.69) is 31.3 Å². The Labute approximate surface area is 211 Å². The van der Waals surface area contributed by atoms with Gasteiger partial charge in [0, 0.05) is 21.2 Å². The number of carbonyl (C=O) groups is 1. The monoisotopic (exact) mass is 518 g/mol. The third kappa shape index (κ3) is 5.93. The molecule has 180 valence electrons. The van der Waals surface area contributed by atoms with E-state index in [0.29, 0.717) is 26.9 Å². The van der Waals surface area contributed by atoms with Crippen molar-refractivity contribution >= 4 is 44.8 Å². The lowest BCUT2D eigenvalue weighted by Crippen LogP contribution is -2.30. The molecule has 0 radical (unpaired) electrons. The minimum Gasteiger partial charge on any atom is -0.346 e. The first-order chi connectivity index (χ1) is 15.9. The van der Waals surface area contributed by atoms with Crippen molar-refractivity contribution < 1.29 is 13.2 Å². The minimum absolute atomic E-state index is 0.0219. The van der Waals surface area contributed by atoms with E-state index < -0.39 is 10.0 Å². The number of anilines is 1. The Kier molecular flexibility index (Phi) is 7.96. The standard InChI is InChI=1S/C26H28Cl2N2O3S/c1-16-13-18(3)22(14-17(16)2)19(4)29-26(31)20-9-11-21(12-10-20)30(34(5,32)33)15-23-24(27)7-6-8-25(23)28/h6-14,19H,15H2,1-5H3,(H,29,31)/t19-/m1/s1. The van der Waals surface area contributed by atoms with Crippen LogP contribution in [0.4, 0.5) is 5.69 Å². The molecule has 1 N–H and O–H groups in total. The summed E-state index contributed by atoms with van der Waals surface area (Å²) in [5.41, 5.74) is 5.92. The molecule has 8 heteroatoms. The van der Waals surface area contributed by atoms with Crippen LogP contribution in [-0.2, 0) is 16.6 Å². The molecule has 1 atom stereocenters. The van der Waals surface area contributed by atoms with Gasteiger partial charge in [-0.25, -0.2) is 8.42 Å². The topological polar surface area (TPSA) is 66.5 Å². The van der Waals surface area contributed by atoms with Crippen LogP contribution >= 0.6 is 23.2 Å². The van der Waals surface area contributed by atoms with Crippen LogP contribution in [0.25, 0.3) is 0 Å². The largest absolute Gasteiger partial charge is 0.346 e.